The summed E-state index contributed by atoms with van der Waals surface area (Å²) in [7, 11) is 0. The Labute approximate surface area is 147 Å². The van der Waals surface area contributed by atoms with E-state index in [1.807, 2.05) is 6.92 Å². The van der Waals surface area contributed by atoms with Crippen molar-refractivity contribution in [1.82, 2.24) is 10.6 Å². The van der Waals surface area contributed by atoms with Crippen LogP contribution in [0.2, 0.25) is 0 Å². The second kappa shape index (κ2) is 18.2. The van der Waals surface area contributed by atoms with Gasteiger partial charge in [0.2, 0.25) is 11.8 Å². The fourth-order valence-electron chi connectivity index (χ4n) is 2.04. The van der Waals surface area contributed by atoms with Crippen LogP contribution in [0.1, 0.15) is 65.2 Å². The number of unbranched alkanes of at least 4 members (excludes halogenated alkanes) is 5. The van der Waals surface area contributed by atoms with Gasteiger partial charge in [-0.25, -0.2) is 0 Å². The Morgan fingerprint density at radius 3 is 1.67 bits per heavy atom. The molecule has 0 aromatic rings. The average Bonchev–Trinajstić information content (AvgIpc) is 2.58. The zero-order valence-electron chi connectivity index (χ0n) is 15.5. The first kappa shape index (κ1) is 22.9. The number of amides is 2. The molecule has 0 unspecified atom stereocenters. The molecule has 0 fully saturated rings. The minimum Gasteiger partial charge on any atom is -0.372 e. The van der Waals surface area contributed by atoms with E-state index >= 15 is 0 Å². The second-order valence-electron chi connectivity index (χ2n) is 5.93. The molecule has 0 atom stereocenters. The number of carbonyl (C=O) groups is 2. The van der Waals surface area contributed by atoms with Crippen molar-refractivity contribution in [2.75, 3.05) is 39.5 Å². The first-order valence-electron chi connectivity index (χ1n) is 9.39. The lowest BCUT2D eigenvalue weighted by Crippen LogP contribution is -2.28. The molecule has 0 heterocycles. The van der Waals surface area contributed by atoms with Gasteiger partial charge in [-0.3, -0.25) is 9.59 Å². The van der Waals surface area contributed by atoms with Gasteiger partial charge >= 0.3 is 0 Å². The lowest BCUT2D eigenvalue weighted by atomic mass is 10.1. The Kier molecular flexibility index (Phi) is 17.3. The maximum Gasteiger partial charge on any atom is 0.245 e. The smallest absolute Gasteiger partial charge is 0.245 e. The highest BCUT2D eigenvalue weighted by molar-refractivity contribution is 5.77. The number of nitrogens with one attached hydrogen (secondary N) is 2. The van der Waals surface area contributed by atoms with Gasteiger partial charge < -0.3 is 20.1 Å². The van der Waals surface area contributed by atoms with E-state index in [4.69, 9.17) is 9.47 Å². The van der Waals surface area contributed by atoms with Gasteiger partial charge in [-0.05, 0) is 25.7 Å². The summed E-state index contributed by atoms with van der Waals surface area (Å²) in [6.45, 7) is 7.16. The molecule has 6 heteroatoms. The van der Waals surface area contributed by atoms with E-state index < -0.39 is 0 Å². The summed E-state index contributed by atoms with van der Waals surface area (Å²) >= 11 is 0. The van der Waals surface area contributed by atoms with E-state index in [1.165, 1.54) is 0 Å². The normalized spacial score (nSPS) is 10.6. The van der Waals surface area contributed by atoms with E-state index in [0.717, 1.165) is 57.9 Å². The van der Waals surface area contributed by atoms with Crippen LogP contribution in [0.4, 0.5) is 0 Å². The lowest BCUT2D eigenvalue weighted by molar-refractivity contribution is -0.126. The van der Waals surface area contributed by atoms with Crippen LogP contribution in [0.15, 0.2) is 0 Å². The summed E-state index contributed by atoms with van der Waals surface area (Å²) in [6.07, 6.45) is 8.29. The Bertz CT molecular complexity index is 311. The van der Waals surface area contributed by atoms with Gasteiger partial charge in [-0.2, -0.15) is 0 Å². The molecule has 0 aromatic carbocycles. The summed E-state index contributed by atoms with van der Waals surface area (Å²) < 4.78 is 10.7. The molecule has 0 saturated carbocycles. The SMILES string of the molecule is CCCCNC(=O)COCCCCCCCOCC(=O)NCCC. The quantitative estimate of drug-likeness (QED) is 0.397. The fraction of sp³-hybridized carbons (Fsp3) is 0.889. The third-order valence-electron chi connectivity index (χ3n) is 3.47. The fourth-order valence-corrected chi connectivity index (χ4v) is 2.04. The van der Waals surface area contributed by atoms with Crippen molar-refractivity contribution in [1.29, 1.82) is 0 Å². The maximum absolute atomic E-state index is 11.4. The molecule has 0 spiro atoms. The van der Waals surface area contributed by atoms with E-state index in [0.29, 0.717) is 19.8 Å². The van der Waals surface area contributed by atoms with Gasteiger partial charge in [0.05, 0.1) is 0 Å². The van der Waals surface area contributed by atoms with Crippen LogP contribution in [0.3, 0.4) is 0 Å². The zero-order valence-corrected chi connectivity index (χ0v) is 15.5. The molecule has 0 aliphatic heterocycles. The van der Waals surface area contributed by atoms with Gasteiger partial charge in [-0.1, -0.05) is 39.5 Å². The Hall–Kier alpha value is -1.14. The molecule has 6 nitrogen and oxygen atoms in total. The van der Waals surface area contributed by atoms with Crippen molar-refractivity contribution in [2.45, 2.75) is 65.2 Å². The van der Waals surface area contributed by atoms with Crippen LogP contribution < -0.4 is 10.6 Å². The molecular formula is C18H36N2O4. The monoisotopic (exact) mass is 344 g/mol. The predicted octanol–water partition coefficient (Wildman–Crippen LogP) is 2.41. The Morgan fingerprint density at radius 2 is 1.17 bits per heavy atom. The first-order valence-corrected chi connectivity index (χ1v) is 9.39. The van der Waals surface area contributed by atoms with Crippen LogP contribution in [0, 0.1) is 0 Å². The topological polar surface area (TPSA) is 76.7 Å². The minimum atomic E-state index is -0.0345. The second-order valence-corrected chi connectivity index (χ2v) is 5.93. The van der Waals surface area contributed by atoms with Crippen molar-refractivity contribution < 1.29 is 19.1 Å². The summed E-state index contributed by atoms with van der Waals surface area (Å²) in [6, 6.07) is 0. The van der Waals surface area contributed by atoms with Crippen molar-refractivity contribution in [3.8, 4) is 0 Å². The van der Waals surface area contributed by atoms with E-state index in [9.17, 15) is 9.59 Å². The first-order chi connectivity index (χ1) is 11.7. The van der Waals surface area contributed by atoms with Crippen LogP contribution in [0.25, 0.3) is 0 Å². The van der Waals surface area contributed by atoms with Crippen LogP contribution in [-0.2, 0) is 19.1 Å². The highest BCUT2D eigenvalue weighted by Gasteiger charge is 2.01. The van der Waals surface area contributed by atoms with Gasteiger partial charge in [0, 0.05) is 26.3 Å². The molecule has 2 amide bonds. The minimum absolute atomic E-state index is 0.0245. The molecule has 0 aliphatic carbocycles. The highest BCUT2D eigenvalue weighted by Crippen LogP contribution is 2.03. The van der Waals surface area contributed by atoms with Crippen molar-refractivity contribution in [2.24, 2.45) is 0 Å². The van der Waals surface area contributed by atoms with Gasteiger partial charge in [0.1, 0.15) is 13.2 Å². The molecule has 0 saturated heterocycles. The number of carbonyl (C=O) groups excluding carboxylic acids is 2. The Balaban J connectivity index is 3.17. The molecule has 0 aliphatic rings. The van der Waals surface area contributed by atoms with E-state index in [2.05, 4.69) is 17.6 Å². The lowest BCUT2D eigenvalue weighted by Gasteiger charge is -2.06. The summed E-state index contributed by atoms with van der Waals surface area (Å²) in [5.74, 6) is -0.0590. The van der Waals surface area contributed by atoms with Gasteiger partial charge in [-0.15, -0.1) is 0 Å². The standard InChI is InChI=1S/C18H36N2O4/c1-3-5-12-20-18(22)16-24-14-10-8-6-7-9-13-23-15-17(21)19-11-4-2/h3-16H2,1-2H3,(H,19,21)(H,20,22). The largest absolute Gasteiger partial charge is 0.372 e. The number of rotatable bonds is 17. The number of ether oxygens (including phenoxy) is 2. The van der Waals surface area contributed by atoms with Crippen molar-refractivity contribution in [3.05, 3.63) is 0 Å². The highest BCUT2D eigenvalue weighted by atomic mass is 16.5. The predicted molar refractivity (Wildman–Crippen MR) is 95.9 cm³/mol. The average molecular weight is 344 g/mol. The van der Waals surface area contributed by atoms with E-state index in [-0.39, 0.29) is 25.0 Å². The van der Waals surface area contributed by atoms with Crippen molar-refractivity contribution in [3.63, 3.8) is 0 Å². The Morgan fingerprint density at radius 1 is 0.667 bits per heavy atom. The molecule has 0 aromatic heterocycles. The molecule has 0 bridgehead atoms. The van der Waals surface area contributed by atoms with Gasteiger partial charge in [0.25, 0.3) is 0 Å². The van der Waals surface area contributed by atoms with Gasteiger partial charge in [0.15, 0.2) is 0 Å². The summed E-state index contributed by atoms with van der Waals surface area (Å²) in [5, 5.41) is 5.61. The van der Waals surface area contributed by atoms with Crippen molar-refractivity contribution >= 4 is 11.8 Å². The number of hydrogen-bond acceptors (Lipinski definition) is 4. The molecular weight excluding hydrogens is 308 g/mol. The number of hydrogen-bond donors (Lipinski definition) is 2. The third kappa shape index (κ3) is 17.2. The maximum atomic E-state index is 11.4. The van der Waals surface area contributed by atoms with E-state index in [1.54, 1.807) is 0 Å². The molecule has 24 heavy (non-hydrogen) atoms. The molecule has 0 rings (SSSR count). The summed E-state index contributed by atoms with van der Waals surface area (Å²) in [5.41, 5.74) is 0. The molecule has 0 radical (unpaired) electrons. The third-order valence-corrected chi connectivity index (χ3v) is 3.47. The molecule has 142 valence electrons. The van der Waals surface area contributed by atoms with Crippen LogP contribution >= 0.6 is 0 Å². The van der Waals surface area contributed by atoms with Crippen LogP contribution in [0.5, 0.6) is 0 Å². The van der Waals surface area contributed by atoms with Crippen LogP contribution in [-0.4, -0.2) is 51.3 Å². The summed E-state index contributed by atoms with van der Waals surface area (Å²) in [4.78, 5) is 22.7. The molecule has 2 N–H and O–H groups in total. The zero-order chi connectivity index (χ0) is 17.9.